The average Bonchev–Trinajstić information content (AvgIpc) is 3.06. The molecule has 0 aromatic heterocycles. The standard InChI is InChI=1S/C16H21ClN2O2.ClH/c1-21-13-5-2-9(6-12(13)17)8-19-16(20)14-10-3-4-11(7-10)15(14)18;/h2,5-6,10-11,14-15H,3-4,7-8,18H2,1H3,(H,19,20);1H. The maximum absolute atomic E-state index is 12.4. The highest BCUT2D eigenvalue weighted by molar-refractivity contribution is 6.32. The van der Waals surface area contributed by atoms with Gasteiger partial charge < -0.3 is 15.8 Å². The summed E-state index contributed by atoms with van der Waals surface area (Å²) in [6, 6.07) is 5.57. The Morgan fingerprint density at radius 3 is 2.73 bits per heavy atom. The van der Waals surface area contributed by atoms with Gasteiger partial charge in [-0.1, -0.05) is 17.7 Å². The molecule has 2 fully saturated rings. The van der Waals surface area contributed by atoms with Crippen molar-refractivity contribution in [2.75, 3.05) is 7.11 Å². The van der Waals surface area contributed by atoms with Gasteiger partial charge in [0, 0.05) is 12.6 Å². The van der Waals surface area contributed by atoms with Crippen LogP contribution in [0.5, 0.6) is 5.75 Å². The van der Waals surface area contributed by atoms with Crippen LogP contribution in [0.3, 0.4) is 0 Å². The number of hydrogen-bond donors (Lipinski definition) is 2. The van der Waals surface area contributed by atoms with E-state index in [1.807, 2.05) is 18.2 Å². The molecule has 0 heterocycles. The van der Waals surface area contributed by atoms with Gasteiger partial charge in [0.15, 0.2) is 0 Å². The van der Waals surface area contributed by atoms with Crippen molar-refractivity contribution in [3.05, 3.63) is 28.8 Å². The van der Waals surface area contributed by atoms with Crippen LogP contribution in [0.15, 0.2) is 18.2 Å². The Morgan fingerprint density at radius 2 is 2.14 bits per heavy atom. The van der Waals surface area contributed by atoms with Gasteiger partial charge >= 0.3 is 0 Å². The maximum Gasteiger partial charge on any atom is 0.225 e. The lowest BCUT2D eigenvalue weighted by atomic mass is 9.84. The monoisotopic (exact) mass is 344 g/mol. The number of halogens is 2. The molecule has 122 valence electrons. The van der Waals surface area contributed by atoms with Crippen LogP contribution in [0.25, 0.3) is 0 Å². The second-order valence-corrected chi connectivity index (χ2v) is 6.53. The molecule has 6 heteroatoms. The van der Waals surface area contributed by atoms with Crippen molar-refractivity contribution in [1.82, 2.24) is 5.32 Å². The first-order valence-corrected chi connectivity index (χ1v) is 7.83. The van der Waals surface area contributed by atoms with E-state index in [4.69, 9.17) is 22.1 Å². The number of hydrogen-bond acceptors (Lipinski definition) is 3. The fraction of sp³-hybridized carbons (Fsp3) is 0.562. The predicted molar refractivity (Wildman–Crippen MR) is 89.4 cm³/mol. The molecular weight excluding hydrogens is 323 g/mol. The third-order valence-corrected chi connectivity index (χ3v) is 5.26. The lowest BCUT2D eigenvalue weighted by Crippen LogP contribution is -2.45. The first kappa shape index (κ1) is 17.4. The van der Waals surface area contributed by atoms with Gasteiger partial charge in [-0.2, -0.15) is 0 Å². The summed E-state index contributed by atoms with van der Waals surface area (Å²) < 4.78 is 5.12. The molecule has 4 nitrogen and oxygen atoms in total. The number of carbonyl (C=O) groups excluding carboxylic acids is 1. The SMILES string of the molecule is COc1ccc(CNC(=O)C2C3CCC(C3)C2N)cc1Cl.Cl. The van der Waals surface area contributed by atoms with Gasteiger partial charge in [0.05, 0.1) is 18.1 Å². The van der Waals surface area contributed by atoms with Crippen LogP contribution in [0.2, 0.25) is 5.02 Å². The normalized spacial score (nSPS) is 29.0. The molecule has 0 spiro atoms. The summed E-state index contributed by atoms with van der Waals surface area (Å²) in [6.45, 7) is 0.475. The van der Waals surface area contributed by atoms with Gasteiger partial charge in [-0.25, -0.2) is 0 Å². The highest BCUT2D eigenvalue weighted by Gasteiger charge is 2.48. The highest BCUT2D eigenvalue weighted by Crippen LogP contribution is 2.47. The number of rotatable bonds is 4. The number of fused-ring (bicyclic) bond motifs is 2. The molecule has 0 radical (unpaired) electrons. The Hall–Kier alpha value is -0.970. The van der Waals surface area contributed by atoms with Crippen LogP contribution >= 0.6 is 24.0 Å². The summed E-state index contributed by atoms with van der Waals surface area (Å²) in [7, 11) is 1.58. The van der Waals surface area contributed by atoms with E-state index in [2.05, 4.69) is 5.32 Å². The highest BCUT2D eigenvalue weighted by atomic mass is 35.5. The zero-order valence-corrected chi connectivity index (χ0v) is 14.1. The zero-order valence-electron chi connectivity index (χ0n) is 12.5. The largest absolute Gasteiger partial charge is 0.495 e. The molecule has 2 bridgehead atoms. The molecule has 3 N–H and O–H groups in total. The summed E-state index contributed by atoms with van der Waals surface area (Å²) in [5.41, 5.74) is 7.16. The smallest absolute Gasteiger partial charge is 0.225 e. The Kier molecular flexibility index (Phi) is 5.59. The molecule has 0 saturated heterocycles. The van der Waals surface area contributed by atoms with Gasteiger partial charge in [-0.05, 0) is 48.8 Å². The minimum absolute atomic E-state index is 0. The van der Waals surface area contributed by atoms with Crippen molar-refractivity contribution in [1.29, 1.82) is 0 Å². The molecule has 3 rings (SSSR count). The quantitative estimate of drug-likeness (QED) is 0.882. The summed E-state index contributed by atoms with van der Waals surface area (Å²) >= 11 is 6.09. The molecule has 22 heavy (non-hydrogen) atoms. The van der Waals surface area contributed by atoms with E-state index in [0.29, 0.717) is 29.2 Å². The van der Waals surface area contributed by atoms with Crippen LogP contribution in [0.4, 0.5) is 0 Å². The molecule has 4 atom stereocenters. The topological polar surface area (TPSA) is 64.3 Å². The minimum Gasteiger partial charge on any atom is -0.495 e. The van der Waals surface area contributed by atoms with Crippen LogP contribution in [-0.2, 0) is 11.3 Å². The minimum atomic E-state index is -0.0162. The third-order valence-electron chi connectivity index (χ3n) is 4.97. The Morgan fingerprint density at radius 1 is 1.41 bits per heavy atom. The molecule has 4 unspecified atom stereocenters. The lowest BCUT2D eigenvalue weighted by molar-refractivity contribution is -0.127. The molecule has 0 aliphatic heterocycles. The summed E-state index contributed by atoms with van der Waals surface area (Å²) in [6.07, 6.45) is 3.45. The van der Waals surface area contributed by atoms with Crippen molar-refractivity contribution in [2.45, 2.75) is 31.8 Å². The summed E-state index contributed by atoms with van der Waals surface area (Å²) in [5, 5.41) is 3.56. The zero-order chi connectivity index (χ0) is 15.0. The van der Waals surface area contributed by atoms with E-state index in [1.54, 1.807) is 7.11 Å². The predicted octanol–water partition coefficient (Wildman–Crippen LogP) is 2.76. The molecule has 1 aromatic carbocycles. The van der Waals surface area contributed by atoms with E-state index in [0.717, 1.165) is 18.4 Å². The van der Waals surface area contributed by atoms with Crippen LogP contribution < -0.4 is 15.8 Å². The van der Waals surface area contributed by atoms with Gasteiger partial charge in [-0.3, -0.25) is 4.79 Å². The first-order valence-electron chi connectivity index (χ1n) is 7.46. The van der Waals surface area contributed by atoms with E-state index in [-0.39, 0.29) is 30.3 Å². The first-order chi connectivity index (χ1) is 10.1. The second kappa shape index (κ2) is 7.07. The fourth-order valence-corrected chi connectivity index (χ4v) is 4.13. The Bertz CT molecular complexity index is 551. The average molecular weight is 345 g/mol. The molecule has 1 aromatic rings. The van der Waals surface area contributed by atoms with E-state index in [1.165, 1.54) is 6.42 Å². The van der Waals surface area contributed by atoms with E-state index in [9.17, 15) is 4.79 Å². The number of amides is 1. The summed E-state index contributed by atoms with van der Waals surface area (Å²) in [5.74, 6) is 1.73. The van der Waals surface area contributed by atoms with Crippen molar-refractivity contribution >= 4 is 29.9 Å². The number of carbonyl (C=O) groups is 1. The van der Waals surface area contributed by atoms with Crippen molar-refractivity contribution < 1.29 is 9.53 Å². The van der Waals surface area contributed by atoms with Gasteiger partial charge in [-0.15, -0.1) is 12.4 Å². The van der Waals surface area contributed by atoms with Gasteiger partial charge in [0.25, 0.3) is 0 Å². The van der Waals surface area contributed by atoms with Crippen LogP contribution in [0, 0.1) is 17.8 Å². The lowest BCUT2D eigenvalue weighted by Gasteiger charge is -2.27. The molecule has 1 amide bonds. The number of ether oxygens (including phenoxy) is 1. The van der Waals surface area contributed by atoms with Gasteiger partial charge in [0.1, 0.15) is 5.75 Å². The molecular formula is C16H22Cl2N2O2. The number of nitrogens with one attached hydrogen (secondary N) is 1. The molecule has 2 aliphatic carbocycles. The number of benzene rings is 1. The van der Waals surface area contributed by atoms with Crippen molar-refractivity contribution in [3.8, 4) is 5.75 Å². The second-order valence-electron chi connectivity index (χ2n) is 6.12. The number of nitrogens with two attached hydrogens (primary N) is 1. The van der Waals surface area contributed by atoms with Crippen LogP contribution in [0.1, 0.15) is 24.8 Å². The molecule has 2 aliphatic rings. The van der Waals surface area contributed by atoms with Crippen molar-refractivity contribution in [2.24, 2.45) is 23.5 Å². The van der Waals surface area contributed by atoms with Crippen molar-refractivity contribution in [3.63, 3.8) is 0 Å². The van der Waals surface area contributed by atoms with Crippen LogP contribution in [-0.4, -0.2) is 19.1 Å². The number of methoxy groups -OCH3 is 1. The maximum atomic E-state index is 12.4. The fourth-order valence-electron chi connectivity index (χ4n) is 3.85. The third kappa shape index (κ3) is 3.19. The Balaban J connectivity index is 0.00000176. The molecule has 2 saturated carbocycles. The summed E-state index contributed by atoms with van der Waals surface area (Å²) in [4.78, 5) is 12.4. The van der Waals surface area contributed by atoms with Gasteiger partial charge in [0.2, 0.25) is 5.91 Å². The Labute approximate surface area is 142 Å². The van der Waals surface area contributed by atoms with E-state index < -0.39 is 0 Å². The van der Waals surface area contributed by atoms with E-state index >= 15 is 0 Å².